The van der Waals surface area contributed by atoms with Crippen LogP contribution in [0.3, 0.4) is 0 Å². The van der Waals surface area contributed by atoms with Crippen molar-refractivity contribution in [3.8, 4) is 0 Å². The van der Waals surface area contributed by atoms with Crippen molar-refractivity contribution in [3.63, 3.8) is 0 Å². The molecule has 4 aliphatic rings. The first-order valence-corrected chi connectivity index (χ1v) is 11.8. The molecular formula is C24H48N2O. The summed E-state index contributed by atoms with van der Waals surface area (Å²) in [5.41, 5.74) is 1.27. The van der Waals surface area contributed by atoms with Crippen LogP contribution >= 0.6 is 0 Å². The van der Waals surface area contributed by atoms with Crippen LogP contribution in [0.4, 0.5) is 0 Å². The number of nitrogens with one attached hydrogen (secondary N) is 1. The Hall–Kier alpha value is -0.120. The molecule has 0 aromatic heterocycles. The van der Waals surface area contributed by atoms with Gasteiger partial charge in [-0.1, -0.05) is 27.7 Å². The van der Waals surface area contributed by atoms with Gasteiger partial charge < -0.3 is 15.0 Å². The van der Waals surface area contributed by atoms with Gasteiger partial charge in [-0.3, -0.25) is 0 Å². The van der Waals surface area contributed by atoms with Gasteiger partial charge in [-0.15, -0.1) is 0 Å². The molecule has 3 nitrogen and oxygen atoms in total. The highest BCUT2D eigenvalue weighted by atomic mass is 16.5. The summed E-state index contributed by atoms with van der Waals surface area (Å²) in [6.07, 6.45) is 11.9. The summed E-state index contributed by atoms with van der Waals surface area (Å²) >= 11 is 0. The molecular weight excluding hydrogens is 332 g/mol. The van der Waals surface area contributed by atoms with Gasteiger partial charge in [0.15, 0.2) is 0 Å². The largest absolute Gasteiger partial charge is 0.378 e. The molecule has 4 fully saturated rings. The minimum atomic E-state index is 0.556. The summed E-state index contributed by atoms with van der Waals surface area (Å²) in [4.78, 5) is 2.29. The van der Waals surface area contributed by atoms with Crippen molar-refractivity contribution in [1.82, 2.24) is 10.2 Å². The first kappa shape index (κ1) is 23.2. The quantitative estimate of drug-likeness (QED) is 0.685. The van der Waals surface area contributed by atoms with Gasteiger partial charge in [0.25, 0.3) is 0 Å². The van der Waals surface area contributed by atoms with Gasteiger partial charge in [-0.25, -0.2) is 0 Å². The van der Waals surface area contributed by atoms with Gasteiger partial charge in [0, 0.05) is 6.61 Å². The van der Waals surface area contributed by atoms with Gasteiger partial charge in [0.1, 0.15) is 0 Å². The second-order valence-electron chi connectivity index (χ2n) is 10.4. The van der Waals surface area contributed by atoms with E-state index in [2.05, 4.69) is 45.2 Å². The molecule has 3 saturated carbocycles. The van der Waals surface area contributed by atoms with Crippen LogP contribution in [0.2, 0.25) is 0 Å². The Morgan fingerprint density at radius 2 is 1.78 bits per heavy atom. The first-order valence-electron chi connectivity index (χ1n) is 11.8. The highest BCUT2D eigenvalue weighted by Crippen LogP contribution is 2.63. The fourth-order valence-electron chi connectivity index (χ4n) is 5.89. The van der Waals surface area contributed by atoms with Crippen molar-refractivity contribution in [2.45, 2.75) is 85.2 Å². The van der Waals surface area contributed by atoms with E-state index in [9.17, 15) is 0 Å². The molecule has 0 amide bonds. The molecule has 0 aromatic carbocycles. The lowest BCUT2D eigenvalue weighted by molar-refractivity contribution is 0.0870. The summed E-state index contributed by atoms with van der Waals surface area (Å²) < 4.78 is 5.77. The van der Waals surface area contributed by atoms with Crippen LogP contribution in [0, 0.1) is 28.6 Å². The van der Waals surface area contributed by atoms with Crippen molar-refractivity contribution in [2.24, 2.45) is 28.6 Å². The second kappa shape index (κ2) is 10.1. The predicted molar refractivity (Wildman–Crippen MR) is 117 cm³/mol. The minimum Gasteiger partial charge on any atom is -0.378 e. The van der Waals surface area contributed by atoms with E-state index in [-0.39, 0.29) is 0 Å². The van der Waals surface area contributed by atoms with Gasteiger partial charge >= 0.3 is 0 Å². The van der Waals surface area contributed by atoms with Crippen LogP contribution < -0.4 is 5.32 Å². The van der Waals surface area contributed by atoms with Crippen molar-refractivity contribution in [2.75, 3.05) is 40.8 Å². The monoisotopic (exact) mass is 380 g/mol. The van der Waals surface area contributed by atoms with Crippen LogP contribution in [0.5, 0.6) is 0 Å². The topological polar surface area (TPSA) is 24.5 Å². The lowest BCUT2D eigenvalue weighted by Gasteiger charge is -2.26. The number of hydrogen-bond acceptors (Lipinski definition) is 3. The minimum absolute atomic E-state index is 0.556. The zero-order valence-electron chi connectivity index (χ0n) is 19.4. The van der Waals surface area contributed by atoms with Crippen LogP contribution in [0.15, 0.2) is 0 Å². The standard InChI is InChI=1S/C12H23NO.C10H19N.C2H6/c1-12(5-6-13(2)3)8-10-4-7-14-11(10)9-12;1-10(5-6-11-2)4-3-8-7-9(8)10;1-2/h10-11H,4-9H2,1-3H3;8-9,11H,3-7H2,1-2H3;1-2H3. The molecule has 27 heavy (non-hydrogen) atoms. The number of rotatable bonds is 6. The third-order valence-electron chi connectivity index (χ3n) is 7.81. The van der Waals surface area contributed by atoms with E-state index >= 15 is 0 Å². The van der Waals surface area contributed by atoms with Crippen molar-refractivity contribution < 1.29 is 4.74 Å². The maximum Gasteiger partial charge on any atom is 0.0609 e. The summed E-state index contributed by atoms with van der Waals surface area (Å²) in [5, 5.41) is 3.26. The lowest BCUT2D eigenvalue weighted by atomic mass is 9.81. The molecule has 6 atom stereocenters. The zero-order chi connectivity index (χ0) is 20.1. The van der Waals surface area contributed by atoms with Crippen LogP contribution in [-0.4, -0.2) is 51.8 Å². The fraction of sp³-hybridized carbons (Fsp3) is 1.00. The first-order chi connectivity index (χ1) is 12.9. The lowest BCUT2D eigenvalue weighted by Crippen LogP contribution is -2.23. The number of ether oxygens (including phenoxy) is 1. The fourth-order valence-corrected chi connectivity index (χ4v) is 5.89. The van der Waals surface area contributed by atoms with Crippen molar-refractivity contribution in [1.29, 1.82) is 0 Å². The summed E-state index contributed by atoms with van der Waals surface area (Å²) in [5.74, 6) is 3.12. The molecule has 0 aromatic rings. The normalized spacial score (nSPS) is 41.3. The molecule has 4 rings (SSSR count). The van der Waals surface area contributed by atoms with E-state index in [1.54, 1.807) is 6.42 Å². The number of nitrogens with zero attached hydrogens (tertiary/aromatic N) is 1. The van der Waals surface area contributed by atoms with E-state index < -0.39 is 0 Å². The summed E-state index contributed by atoms with van der Waals surface area (Å²) in [6.45, 7) is 12.4. The molecule has 6 unspecified atom stereocenters. The van der Waals surface area contributed by atoms with E-state index in [1.165, 1.54) is 58.0 Å². The molecule has 0 spiro atoms. The SMILES string of the molecule is CC.CN(C)CCC1(C)CC2CCOC2C1.CNCCC1(C)CCC2CC21. The van der Waals surface area contributed by atoms with Gasteiger partial charge in [-0.05, 0) is 114 Å². The number of hydrogen-bond donors (Lipinski definition) is 1. The molecule has 0 radical (unpaired) electrons. The molecule has 160 valence electrons. The van der Waals surface area contributed by atoms with E-state index in [1.807, 2.05) is 13.8 Å². The average molecular weight is 381 g/mol. The smallest absolute Gasteiger partial charge is 0.0609 e. The highest BCUT2D eigenvalue weighted by molar-refractivity contribution is 5.04. The third-order valence-corrected chi connectivity index (χ3v) is 7.81. The zero-order valence-corrected chi connectivity index (χ0v) is 19.4. The summed E-state index contributed by atoms with van der Waals surface area (Å²) in [7, 11) is 6.38. The average Bonchev–Trinajstić information content (AvgIpc) is 3.07. The van der Waals surface area contributed by atoms with E-state index in [0.717, 1.165) is 24.4 Å². The van der Waals surface area contributed by atoms with Gasteiger partial charge in [0.2, 0.25) is 0 Å². The Bertz CT molecular complexity index is 426. The Kier molecular flexibility index (Phi) is 8.64. The second-order valence-corrected chi connectivity index (χ2v) is 10.4. The third kappa shape index (κ3) is 6.18. The number of fused-ring (bicyclic) bond motifs is 2. The Morgan fingerprint density at radius 1 is 1.04 bits per heavy atom. The molecule has 1 aliphatic heterocycles. The maximum atomic E-state index is 5.77. The predicted octanol–water partition coefficient (Wildman–Crippen LogP) is 5.20. The van der Waals surface area contributed by atoms with E-state index in [0.29, 0.717) is 16.9 Å². The van der Waals surface area contributed by atoms with Crippen molar-refractivity contribution in [3.05, 3.63) is 0 Å². The summed E-state index contributed by atoms with van der Waals surface area (Å²) in [6, 6.07) is 0. The maximum absolute atomic E-state index is 5.77. The van der Waals surface area contributed by atoms with Gasteiger partial charge in [0.05, 0.1) is 6.10 Å². The van der Waals surface area contributed by atoms with Crippen LogP contribution in [-0.2, 0) is 4.74 Å². The Morgan fingerprint density at radius 3 is 2.30 bits per heavy atom. The molecule has 1 heterocycles. The molecule has 1 saturated heterocycles. The Balaban J connectivity index is 0.000000181. The van der Waals surface area contributed by atoms with Crippen LogP contribution in [0.25, 0.3) is 0 Å². The van der Waals surface area contributed by atoms with E-state index in [4.69, 9.17) is 4.74 Å². The van der Waals surface area contributed by atoms with Gasteiger partial charge in [-0.2, -0.15) is 0 Å². The molecule has 3 heteroatoms. The molecule has 0 bridgehead atoms. The van der Waals surface area contributed by atoms with Crippen LogP contribution in [0.1, 0.15) is 79.1 Å². The van der Waals surface area contributed by atoms with Crippen molar-refractivity contribution >= 4 is 0 Å². The molecule has 3 aliphatic carbocycles. The molecule has 1 N–H and O–H groups in total. The Labute approximate surface area is 170 Å². The highest BCUT2D eigenvalue weighted by Gasteiger charge is 2.54.